The molecule has 0 N–H and O–H groups in total. The van der Waals surface area contributed by atoms with Gasteiger partial charge in [0.05, 0.1) is 12.2 Å². The minimum atomic E-state index is -0.300. The SMILES string of the molecule is CCOC(=O)C1=CC(C)(C)C(Cl)=C1. The third-order valence-electron chi connectivity index (χ3n) is 1.93. The molecule has 0 aliphatic heterocycles. The zero-order chi connectivity index (χ0) is 10.1. The van der Waals surface area contributed by atoms with E-state index in [9.17, 15) is 4.79 Å². The Kier molecular flexibility index (Phi) is 2.81. The summed E-state index contributed by atoms with van der Waals surface area (Å²) in [5.41, 5.74) is 0.320. The molecule has 2 nitrogen and oxygen atoms in total. The molecule has 13 heavy (non-hydrogen) atoms. The number of allylic oxidation sites excluding steroid dienone is 2. The molecule has 0 atom stereocenters. The molecule has 3 heteroatoms. The van der Waals surface area contributed by atoms with E-state index in [2.05, 4.69) is 0 Å². The Morgan fingerprint density at radius 1 is 1.62 bits per heavy atom. The summed E-state index contributed by atoms with van der Waals surface area (Å²) in [6.45, 7) is 6.09. The second kappa shape index (κ2) is 3.54. The van der Waals surface area contributed by atoms with E-state index in [1.165, 1.54) is 0 Å². The first-order valence-corrected chi connectivity index (χ1v) is 4.63. The van der Waals surface area contributed by atoms with Crippen molar-refractivity contribution in [3.05, 3.63) is 22.8 Å². The van der Waals surface area contributed by atoms with Crippen LogP contribution in [0, 0.1) is 5.41 Å². The third kappa shape index (κ3) is 2.13. The van der Waals surface area contributed by atoms with Gasteiger partial charge in [-0.1, -0.05) is 31.5 Å². The van der Waals surface area contributed by atoms with Crippen molar-refractivity contribution in [2.45, 2.75) is 20.8 Å². The molecule has 1 aliphatic rings. The van der Waals surface area contributed by atoms with E-state index in [0.717, 1.165) is 0 Å². The number of hydrogen-bond acceptors (Lipinski definition) is 2. The number of rotatable bonds is 2. The maximum atomic E-state index is 11.3. The van der Waals surface area contributed by atoms with E-state index in [0.29, 0.717) is 17.2 Å². The monoisotopic (exact) mass is 200 g/mol. The molecule has 1 rings (SSSR count). The van der Waals surface area contributed by atoms with Crippen LogP contribution in [-0.4, -0.2) is 12.6 Å². The van der Waals surface area contributed by atoms with Crippen molar-refractivity contribution < 1.29 is 9.53 Å². The number of carbonyl (C=O) groups excluding carboxylic acids is 1. The first-order chi connectivity index (χ1) is 5.97. The number of ether oxygens (including phenoxy) is 1. The van der Waals surface area contributed by atoms with E-state index in [-0.39, 0.29) is 11.4 Å². The van der Waals surface area contributed by atoms with Gasteiger partial charge in [0.15, 0.2) is 0 Å². The van der Waals surface area contributed by atoms with Gasteiger partial charge in [-0.05, 0) is 13.0 Å². The maximum absolute atomic E-state index is 11.3. The summed E-state index contributed by atoms with van der Waals surface area (Å²) in [5.74, 6) is -0.300. The van der Waals surface area contributed by atoms with E-state index in [4.69, 9.17) is 16.3 Å². The highest BCUT2D eigenvalue weighted by Gasteiger charge is 2.28. The number of hydrogen-bond donors (Lipinski definition) is 0. The van der Waals surface area contributed by atoms with E-state index in [1.54, 1.807) is 13.0 Å². The largest absolute Gasteiger partial charge is 0.462 e. The lowest BCUT2D eigenvalue weighted by Crippen LogP contribution is -2.07. The normalized spacial score (nSPS) is 19.4. The second-order valence-electron chi connectivity index (χ2n) is 3.53. The van der Waals surface area contributed by atoms with Gasteiger partial charge in [0.1, 0.15) is 0 Å². The van der Waals surface area contributed by atoms with E-state index >= 15 is 0 Å². The van der Waals surface area contributed by atoms with Crippen LogP contribution in [0.4, 0.5) is 0 Å². The van der Waals surface area contributed by atoms with Crippen molar-refractivity contribution in [2.75, 3.05) is 6.61 Å². The molecule has 0 heterocycles. The molecule has 0 spiro atoms. The zero-order valence-corrected chi connectivity index (χ0v) is 8.81. The van der Waals surface area contributed by atoms with Crippen LogP contribution in [-0.2, 0) is 9.53 Å². The van der Waals surface area contributed by atoms with Crippen molar-refractivity contribution in [2.24, 2.45) is 5.41 Å². The molecule has 0 aromatic rings. The molecule has 1 aliphatic carbocycles. The quantitative estimate of drug-likeness (QED) is 0.641. The second-order valence-corrected chi connectivity index (χ2v) is 3.94. The van der Waals surface area contributed by atoms with Crippen LogP contribution in [0.15, 0.2) is 22.8 Å². The van der Waals surface area contributed by atoms with Gasteiger partial charge >= 0.3 is 5.97 Å². The minimum absolute atomic E-state index is 0.232. The maximum Gasteiger partial charge on any atom is 0.337 e. The number of halogens is 1. The lowest BCUT2D eigenvalue weighted by Gasteiger charge is -2.13. The average Bonchev–Trinajstić information content (AvgIpc) is 2.27. The summed E-state index contributed by atoms with van der Waals surface area (Å²) in [6, 6.07) is 0. The topological polar surface area (TPSA) is 26.3 Å². The highest BCUT2D eigenvalue weighted by molar-refractivity contribution is 6.31. The van der Waals surface area contributed by atoms with Crippen molar-refractivity contribution in [1.29, 1.82) is 0 Å². The first kappa shape index (κ1) is 10.3. The Bertz CT molecular complexity index is 287. The minimum Gasteiger partial charge on any atom is -0.462 e. The van der Waals surface area contributed by atoms with Crippen LogP contribution in [0.3, 0.4) is 0 Å². The predicted octanol–water partition coefficient (Wildman–Crippen LogP) is 2.64. The number of esters is 1. The van der Waals surface area contributed by atoms with E-state index < -0.39 is 0 Å². The molecule has 0 bridgehead atoms. The Morgan fingerprint density at radius 3 is 2.62 bits per heavy atom. The van der Waals surface area contributed by atoms with Crippen LogP contribution < -0.4 is 0 Å². The van der Waals surface area contributed by atoms with Crippen molar-refractivity contribution in [3.8, 4) is 0 Å². The summed E-state index contributed by atoms with van der Waals surface area (Å²) in [4.78, 5) is 11.3. The summed E-state index contributed by atoms with van der Waals surface area (Å²) < 4.78 is 4.86. The summed E-state index contributed by atoms with van der Waals surface area (Å²) in [6.07, 6.45) is 3.49. The van der Waals surface area contributed by atoms with Gasteiger partial charge in [0, 0.05) is 10.4 Å². The molecule has 0 saturated carbocycles. The van der Waals surface area contributed by atoms with Crippen LogP contribution in [0.5, 0.6) is 0 Å². The molecule has 72 valence electrons. The molecule has 0 amide bonds. The van der Waals surface area contributed by atoms with Gasteiger partial charge in [-0.3, -0.25) is 0 Å². The predicted molar refractivity (Wildman–Crippen MR) is 52.4 cm³/mol. The number of carbonyl (C=O) groups is 1. The van der Waals surface area contributed by atoms with Crippen molar-refractivity contribution >= 4 is 17.6 Å². The summed E-state index contributed by atoms with van der Waals surface area (Å²) >= 11 is 5.94. The molecular weight excluding hydrogens is 188 g/mol. The molecule has 0 unspecified atom stereocenters. The van der Waals surface area contributed by atoms with Crippen LogP contribution in [0.2, 0.25) is 0 Å². The standard InChI is InChI=1S/C10H13ClO2/c1-4-13-9(12)7-5-8(11)10(2,3)6-7/h5-6H,4H2,1-3H3. The fraction of sp³-hybridized carbons (Fsp3) is 0.500. The van der Waals surface area contributed by atoms with Gasteiger partial charge in [0.25, 0.3) is 0 Å². The summed E-state index contributed by atoms with van der Waals surface area (Å²) in [7, 11) is 0. The van der Waals surface area contributed by atoms with Gasteiger partial charge in [-0.2, -0.15) is 0 Å². The third-order valence-corrected chi connectivity index (χ3v) is 2.52. The molecular formula is C10H13ClO2. The molecule has 0 fully saturated rings. The van der Waals surface area contributed by atoms with Crippen molar-refractivity contribution in [1.82, 2.24) is 0 Å². The van der Waals surface area contributed by atoms with Crippen LogP contribution in [0.25, 0.3) is 0 Å². The average molecular weight is 201 g/mol. The van der Waals surface area contributed by atoms with Gasteiger partial charge in [0.2, 0.25) is 0 Å². The lowest BCUT2D eigenvalue weighted by molar-refractivity contribution is -0.138. The first-order valence-electron chi connectivity index (χ1n) is 4.25. The smallest absolute Gasteiger partial charge is 0.337 e. The Balaban J connectivity index is 2.81. The van der Waals surface area contributed by atoms with Gasteiger partial charge in [-0.15, -0.1) is 0 Å². The van der Waals surface area contributed by atoms with Crippen LogP contribution in [0.1, 0.15) is 20.8 Å². The Labute approximate surface area is 83.2 Å². The fourth-order valence-corrected chi connectivity index (χ4v) is 1.33. The van der Waals surface area contributed by atoms with Crippen LogP contribution >= 0.6 is 11.6 Å². The molecule has 0 aromatic carbocycles. The highest BCUT2D eigenvalue weighted by atomic mass is 35.5. The Hall–Kier alpha value is -0.760. The zero-order valence-electron chi connectivity index (χ0n) is 8.06. The van der Waals surface area contributed by atoms with Crippen molar-refractivity contribution in [3.63, 3.8) is 0 Å². The van der Waals surface area contributed by atoms with Gasteiger partial charge in [-0.25, -0.2) is 4.79 Å². The van der Waals surface area contributed by atoms with E-state index in [1.807, 2.05) is 19.9 Å². The molecule has 0 aromatic heterocycles. The van der Waals surface area contributed by atoms with Gasteiger partial charge < -0.3 is 4.74 Å². The fourth-order valence-electron chi connectivity index (χ4n) is 1.15. The lowest BCUT2D eigenvalue weighted by atomic mass is 9.96. The molecule has 0 saturated heterocycles. The Morgan fingerprint density at radius 2 is 2.23 bits per heavy atom. The summed E-state index contributed by atoms with van der Waals surface area (Å²) in [5, 5.41) is 0.676. The molecule has 0 radical (unpaired) electrons. The highest BCUT2D eigenvalue weighted by Crippen LogP contribution is 2.38.